The quantitative estimate of drug-likeness (QED) is 0.778. The molecule has 0 unspecified atom stereocenters. The Balaban J connectivity index is 1.91. The summed E-state index contributed by atoms with van der Waals surface area (Å²) in [5, 5.41) is 0.612. The highest BCUT2D eigenvalue weighted by Crippen LogP contribution is 2.28. The second-order valence-electron chi connectivity index (χ2n) is 5.09. The van der Waals surface area contributed by atoms with Crippen LogP contribution in [0.3, 0.4) is 0 Å². The molecule has 2 aromatic carbocycles. The molecule has 0 heterocycles. The predicted molar refractivity (Wildman–Crippen MR) is 79.7 cm³/mol. The van der Waals surface area contributed by atoms with Crippen LogP contribution in [-0.4, -0.2) is 11.9 Å². The zero-order valence-corrected chi connectivity index (χ0v) is 12.0. The third-order valence-corrected chi connectivity index (χ3v) is 3.85. The van der Waals surface area contributed by atoms with Crippen molar-refractivity contribution in [3.05, 3.63) is 64.2 Å². The largest absolute Gasteiger partial charge is 0.490 e. The minimum Gasteiger partial charge on any atom is -0.490 e. The van der Waals surface area contributed by atoms with E-state index < -0.39 is 0 Å². The Kier molecular flexibility index (Phi) is 3.49. The zero-order chi connectivity index (χ0) is 14.1. The Bertz CT molecular complexity index is 660. The topological polar surface area (TPSA) is 26.3 Å². The van der Waals surface area contributed by atoms with E-state index >= 15 is 0 Å². The molecule has 2 nitrogen and oxygen atoms in total. The lowest BCUT2D eigenvalue weighted by Crippen LogP contribution is -2.05. The van der Waals surface area contributed by atoms with Gasteiger partial charge in [-0.2, -0.15) is 0 Å². The monoisotopic (exact) mass is 286 g/mol. The van der Waals surface area contributed by atoms with Crippen molar-refractivity contribution in [2.75, 3.05) is 0 Å². The van der Waals surface area contributed by atoms with Gasteiger partial charge in [-0.05, 0) is 43.5 Å². The van der Waals surface area contributed by atoms with Gasteiger partial charge in [0.2, 0.25) is 0 Å². The third-order valence-electron chi connectivity index (χ3n) is 3.44. The summed E-state index contributed by atoms with van der Waals surface area (Å²) in [6.45, 7) is 1.86. The molecule has 1 aliphatic carbocycles. The van der Waals surface area contributed by atoms with Crippen LogP contribution in [0.4, 0.5) is 0 Å². The average molecular weight is 287 g/mol. The molecule has 3 rings (SSSR count). The second kappa shape index (κ2) is 5.29. The van der Waals surface area contributed by atoms with Crippen LogP contribution in [0.2, 0.25) is 5.02 Å². The maximum Gasteiger partial charge on any atom is 0.193 e. The molecule has 1 fully saturated rings. The van der Waals surface area contributed by atoms with Crippen molar-refractivity contribution in [3.8, 4) is 5.75 Å². The van der Waals surface area contributed by atoms with Gasteiger partial charge in [-0.3, -0.25) is 4.79 Å². The maximum atomic E-state index is 12.6. The minimum absolute atomic E-state index is 0.0220. The Morgan fingerprint density at radius 2 is 1.95 bits per heavy atom. The molecule has 0 saturated heterocycles. The van der Waals surface area contributed by atoms with E-state index in [0.717, 1.165) is 24.2 Å². The van der Waals surface area contributed by atoms with E-state index in [4.69, 9.17) is 16.3 Å². The van der Waals surface area contributed by atoms with E-state index in [2.05, 4.69) is 0 Å². The van der Waals surface area contributed by atoms with Gasteiger partial charge in [-0.15, -0.1) is 0 Å². The Morgan fingerprint density at radius 1 is 1.20 bits per heavy atom. The van der Waals surface area contributed by atoms with E-state index in [1.54, 1.807) is 24.3 Å². The number of halogens is 1. The molecule has 20 heavy (non-hydrogen) atoms. The summed E-state index contributed by atoms with van der Waals surface area (Å²) in [6, 6.07) is 12.7. The van der Waals surface area contributed by atoms with E-state index in [0.29, 0.717) is 22.3 Å². The van der Waals surface area contributed by atoms with E-state index in [1.165, 1.54) is 0 Å². The van der Waals surface area contributed by atoms with Crippen LogP contribution in [0.5, 0.6) is 5.75 Å². The molecule has 1 aliphatic rings. The molecule has 0 aliphatic heterocycles. The van der Waals surface area contributed by atoms with Gasteiger partial charge < -0.3 is 4.74 Å². The number of hydrogen-bond acceptors (Lipinski definition) is 2. The molecule has 2 aromatic rings. The summed E-state index contributed by atoms with van der Waals surface area (Å²) in [5.74, 6) is 0.740. The van der Waals surface area contributed by atoms with Crippen molar-refractivity contribution >= 4 is 17.4 Å². The molecular formula is C17H15ClO2. The van der Waals surface area contributed by atoms with Crippen molar-refractivity contribution in [3.63, 3.8) is 0 Å². The highest BCUT2D eigenvalue weighted by molar-refractivity contribution is 6.32. The van der Waals surface area contributed by atoms with Crippen molar-refractivity contribution in [1.29, 1.82) is 0 Å². The highest BCUT2D eigenvalue weighted by atomic mass is 35.5. The van der Waals surface area contributed by atoms with Crippen LogP contribution >= 0.6 is 11.6 Å². The van der Waals surface area contributed by atoms with Gasteiger partial charge >= 0.3 is 0 Å². The molecule has 0 radical (unpaired) electrons. The summed E-state index contributed by atoms with van der Waals surface area (Å²) >= 11 is 6.08. The summed E-state index contributed by atoms with van der Waals surface area (Å²) in [7, 11) is 0. The normalized spacial score (nSPS) is 14.1. The third kappa shape index (κ3) is 2.70. The van der Waals surface area contributed by atoms with Crippen molar-refractivity contribution in [1.82, 2.24) is 0 Å². The molecule has 0 aromatic heterocycles. The lowest BCUT2D eigenvalue weighted by Gasteiger charge is -2.09. The molecular weight excluding hydrogens is 272 g/mol. The first-order valence-corrected chi connectivity index (χ1v) is 7.09. The number of rotatable bonds is 4. The summed E-state index contributed by atoms with van der Waals surface area (Å²) in [4.78, 5) is 12.6. The number of ketones is 1. The van der Waals surface area contributed by atoms with Gasteiger partial charge in [0.15, 0.2) is 5.78 Å². The van der Waals surface area contributed by atoms with Gasteiger partial charge in [-0.25, -0.2) is 0 Å². The first-order valence-electron chi connectivity index (χ1n) is 6.71. The number of benzene rings is 2. The Hall–Kier alpha value is -1.80. The maximum absolute atomic E-state index is 12.6. The van der Waals surface area contributed by atoms with Gasteiger partial charge in [0, 0.05) is 16.1 Å². The van der Waals surface area contributed by atoms with E-state index in [9.17, 15) is 4.79 Å². The molecule has 0 bridgehead atoms. The lowest BCUT2D eigenvalue weighted by atomic mass is 9.99. The molecule has 0 spiro atoms. The first-order chi connectivity index (χ1) is 9.65. The van der Waals surface area contributed by atoms with Gasteiger partial charge in [0.1, 0.15) is 5.75 Å². The Morgan fingerprint density at radius 3 is 2.70 bits per heavy atom. The van der Waals surface area contributed by atoms with Crippen LogP contribution in [-0.2, 0) is 0 Å². The van der Waals surface area contributed by atoms with Gasteiger partial charge in [0.25, 0.3) is 0 Å². The summed E-state index contributed by atoms with van der Waals surface area (Å²) < 4.78 is 5.73. The smallest absolute Gasteiger partial charge is 0.193 e. The average Bonchev–Trinajstić information content (AvgIpc) is 3.25. The van der Waals surface area contributed by atoms with Crippen LogP contribution < -0.4 is 4.74 Å². The zero-order valence-electron chi connectivity index (χ0n) is 11.2. The van der Waals surface area contributed by atoms with Crippen molar-refractivity contribution in [2.24, 2.45) is 0 Å². The summed E-state index contributed by atoms with van der Waals surface area (Å²) in [5.41, 5.74) is 2.09. The predicted octanol–water partition coefficient (Wildman–Crippen LogP) is 4.42. The highest BCUT2D eigenvalue weighted by Gasteiger charge is 2.23. The summed E-state index contributed by atoms with van der Waals surface area (Å²) in [6.07, 6.45) is 2.53. The van der Waals surface area contributed by atoms with Crippen LogP contribution in [0.25, 0.3) is 0 Å². The second-order valence-corrected chi connectivity index (χ2v) is 5.49. The molecule has 0 amide bonds. The SMILES string of the molecule is Cc1c(Cl)cccc1C(=O)c1cccc(OC2CC2)c1. The Labute approximate surface area is 123 Å². The van der Waals surface area contributed by atoms with Crippen LogP contribution in [0.1, 0.15) is 34.3 Å². The molecule has 0 N–H and O–H groups in total. The number of hydrogen-bond donors (Lipinski definition) is 0. The lowest BCUT2D eigenvalue weighted by molar-refractivity contribution is 0.103. The number of ether oxygens (including phenoxy) is 1. The number of carbonyl (C=O) groups excluding carboxylic acids is 1. The minimum atomic E-state index is -0.0220. The first kappa shape index (κ1) is 13.2. The standard InChI is InChI=1S/C17H15ClO2/c1-11-15(6-3-7-16(11)18)17(19)12-4-2-5-14(10-12)20-13-8-9-13/h2-7,10,13H,8-9H2,1H3. The molecule has 3 heteroatoms. The fourth-order valence-corrected chi connectivity index (χ4v) is 2.27. The molecule has 102 valence electrons. The fraction of sp³-hybridized carbons (Fsp3) is 0.235. The van der Waals surface area contributed by atoms with Gasteiger partial charge in [-0.1, -0.05) is 35.9 Å². The molecule has 1 saturated carbocycles. The van der Waals surface area contributed by atoms with Gasteiger partial charge in [0.05, 0.1) is 6.10 Å². The van der Waals surface area contributed by atoms with Crippen LogP contribution in [0.15, 0.2) is 42.5 Å². The number of carbonyl (C=O) groups is 1. The van der Waals surface area contributed by atoms with Crippen molar-refractivity contribution in [2.45, 2.75) is 25.9 Å². The van der Waals surface area contributed by atoms with Crippen LogP contribution in [0, 0.1) is 6.92 Å². The van der Waals surface area contributed by atoms with Crippen molar-refractivity contribution < 1.29 is 9.53 Å². The van der Waals surface area contributed by atoms with E-state index in [1.807, 2.05) is 25.1 Å². The van der Waals surface area contributed by atoms with E-state index in [-0.39, 0.29) is 5.78 Å². The fourth-order valence-electron chi connectivity index (χ4n) is 2.10. The molecule has 0 atom stereocenters.